The zero-order chi connectivity index (χ0) is 11.8. The van der Waals surface area contributed by atoms with Crippen molar-refractivity contribution < 1.29 is 14.3 Å². The van der Waals surface area contributed by atoms with Crippen LogP contribution in [-0.2, 0) is 14.3 Å². The molecule has 1 heterocycles. The molecule has 0 aromatic heterocycles. The van der Waals surface area contributed by atoms with Crippen LogP contribution in [0.25, 0.3) is 0 Å². The number of methoxy groups -OCH3 is 1. The maximum atomic E-state index is 11.8. The van der Waals surface area contributed by atoms with Gasteiger partial charge < -0.3 is 14.4 Å². The third-order valence-electron chi connectivity index (χ3n) is 3.03. The molecule has 4 heteroatoms. The van der Waals surface area contributed by atoms with Crippen LogP contribution in [0.4, 0.5) is 0 Å². The molecule has 0 aliphatic carbocycles. The largest absolute Gasteiger partial charge is 0.382 e. The normalized spacial score (nSPS) is 21.9. The van der Waals surface area contributed by atoms with Gasteiger partial charge in [0.25, 0.3) is 0 Å². The van der Waals surface area contributed by atoms with Crippen molar-refractivity contribution in [3.05, 3.63) is 0 Å². The fourth-order valence-electron chi connectivity index (χ4n) is 1.91. The van der Waals surface area contributed by atoms with Crippen molar-refractivity contribution in [2.75, 3.05) is 40.0 Å². The van der Waals surface area contributed by atoms with Crippen LogP contribution in [0.3, 0.4) is 0 Å². The van der Waals surface area contributed by atoms with Crippen molar-refractivity contribution in [3.63, 3.8) is 0 Å². The summed E-state index contributed by atoms with van der Waals surface area (Å²) >= 11 is 0. The van der Waals surface area contributed by atoms with E-state index in [1.54, 1.807) is 7.11 Å². The van der Waals surface area contributed by atoms with Gasteiger partial charge in [-0.25, -0.2) is 0 Å². The third kappa shape index (κ3) is 4.94. The van der Waals surface area contributed by atoms with E-state index >= 15 is 0 Å². The lowest BCUT2D eigenvalue weighted by atomic mass is 10.0. The van der Waals surface area contributed by atoms with Gasteiger partial charge in [0.1, 0.15) is 6.61 Å². The van der Waals surface area contributed by atoms with Gasteiger partial charge in [0.05, 0.1) is 13.2 Å². The molecule has 4 nitrogen and oxygen atoms in total. The minimum Gasteiger partial charge on any atom is -0.382 e. The van der Waals surface area contributed by atoms with Gasteiger partial charge in [-0.2, -0.15) is 0 Å². The van der Waals surface area contributed by atoms with Crippen molar-refractivity contribution >= 4 is 5.91 Å². The van der Waals surface area contributed by atoms with Crippen LogP contribution in [0.2, 0.25) is 0 Å². The molecule has 0 bridgehead atoms. The summed E-state index contributed by atoms with van der Waals surface area (Å²) in [6, 6.07) is 0. The van der Waals surface area contributed by atoms with Gasteiger partial charge in [-0.1, -0.05) is 6.92 Å². The lowest BCUT2D eigenvalue weighted by Crippen LogP contribution is -2.35. The Labute approximate surface area is 97.9 Å². The summed E-state index contributed by atoms with van der Waals surface area (Å²) in [6.45, 7) is 5.25. The van der Waals surface area contributed by atoms with Crippen LogP contribution in [0.5, 0.6) is 0 Å². The summed E-state index contributed by atoms with van der Waals surface area (Å²) in [4.78, 5) is 13.7. The number of nitrogens with zero attached hydrogens (tertiary/aromatic N) is 1. The third-order valence-corrected chi connectivity index (χ3v) is 3.03. The van der Waals surface area contributed by atoms with E-state index in [1.807, 2.05) is 4.90 Å². The summed E-state index contributed by atoms with van der Waals surface area (Å²) in [5.74, 6) is 0.859. The molecule has 1 saturated heterocycles. The molecule has 1 amide bonds. The molecule has 0 aromatic rings. The SMILES string of the molecule is COCCOCC(=O)N1CCCC(C)CC1. The Bertz CT molecular complexity index is 208. The van der Waals surface area contributed by atoms with Gasteiger partial charge in [0.15, 0.2) is 0 Å². The Hall–Kier alpha value is -0.610. The molecule has 0 aromatic carbocycles. The lowest BCUT2D eigenvalue weighted by Gasteiger charge is -2.20. The van der Waals surface area contributed by atoms with Gasteiger partial charge >= 0.3 is 0 Å². The van der Waals surface area contributed by atoms with Crippen molar-refractivity contribution in [1.82, 2.24) is 4.90 Å². The first-order chi connectivity index (χ1) is 7.74. The second-order valence-corrected chi connectivity index (χ2v) is 4.46. The topological polar surface area (TPSA) is 38.8 Å². The minimum absolute atomic E-state index is 0.116. The number of hydrogen-bond acceptors (Lipinski definition) is 3. The van der Waals surface area contributed by atoms with Crippen LogP contribution >= 0.6 is 0 Å². The first-order valence-electron chi connectivity index (χ1n) is 6.08. The van der Waals surface area contributed by atoms with Gasteiger partial charge in [-0.3, -0.25) is 4.79 Å². The van der Waals surface area contributed by atoms with Gasteiger partial charge in [0.2, 0.25) is 5.91 Å². The minimum atomic E-state index is 0.116. The van der Waals surface area contributed by atoms with Gasteiger partial charge in [-0.05, 0) is 25.2 Å². The van der Waals surface area contributed by atoms with Crippen LogP contribution in [0.15, 0.2) is 0 Å². The number of carbonyl (C=O) groups is 1. The monoisotopic (exact) mass is 229 g/mol. The molecule has 1 atom stereocenters. The smallest absolute Gasteiger partial charge is 0.248 e. The first-order valence-corrected chi connectivity index (χ1v) is 6.08. The molecule has 0 saturated carbocycles. The van der Waals surface area contributed by atoms with Crippen molar-refractivity contribution in [3.8, 4) is 0 Å². The zero-order valence-electron chi connectivity index (χ0n) is 10.4. The maximum absolute atomic E-state index is 11.8. The maximum Gasteiger partial charge on any atom is 0.248 e. The van der Waals surface area contributed by atoms with Crippen molar-refractivity contribution in [2.45, 2.75) is 26.2 Å². The summed E-state index contributed by atoms with van der Waals surface area (Å²) in [5, 5.41) is 0. The highest BCUT2D eigenvalue weighted by molar-refractivity contribution is 5.77. The van der Waals surface area contributed by atoms with Gasteiger partial charge in [0, 0.05) is 20.2 Å². The van der Waals surface area contributed by atoms with Crippen molar-refractivity contribution in [2.24, 2.45) is 5.92 Å². The molecule has 1 aliphatic heterocycles. The fraction of sp³-hybridized carbons (Fsp3) is 0.917. The van der Waals surface area contributed by atoms with E-state index in [4.69, 9.17) is 9.47 Å². The van der Waals surface area contributed by atoms with E-state index in [9.17, 15) is 4.79 Å². The standard InChI is InChI=1S/C12H23NO3/c1-11-4-3-6-13(7-5-11)12(14)10-16-9-8-15-2/h11H,3-10H2,1-2H3. The van der Waals surface area contributed by atoms with E-state index in [-0.39, 0.29) is 12.5 Å². The Morgan fingerprint density at radius 2 is 2.12 bits per heavy atom. The van der Waals surface area contributed by atoms with Crippen LogP contribution in [-0.4, -0.2) is 50.8 Å². The molecule has 0 spiro atoms. The molecular weight excluding hydrogens is 206 g/mol. The Kier molecular flexibility index (Phi) is 6.42. The number of rotatable bonds is 5. The van der Waals surface area contributed by atoms with E-state index in [1.165, 1.54) is 6.42 Å². The average molecular weight is 229 g/mol. The highest BCUT2D eigenvalue weighted by atomic mass is 16.5. The van der Waals surface area contributed by atoms with Crippen LogP contribution < -0.4 is 0 Å². The molecular formula is C12H23NO3. The molecule has 94 valence electrons. The number of carbonyl (C=O) groups excluding carboxylic acids is 1. The second kappa shape index (κ2) is 7.63. The molecule has 0 radical (unpaired) electrons. The quantitative estimate of drug-likeness (QED) is 0.667. The highest BCUT2D eigenvalue weighted by Crippen LogP contribution is 2.16. The number of amides is 1. The van der Waals surface area contributed by atoms with Crippen LogP contribution in [0.1, 0.15) is 26.2 Å². The van der Waals surface area contributed by atoms with E-state index < -0.39 is 0 Å². The van der Waals surface area contributed by atoms with Crippen molar-refractivity contribution in [1.29, 1.82) is 0 Å². The number of likely N-dealkylation sites (tertiary alicyclic amines) is 1. The first kappa shape index (κ1) is 13.5. The highest BCUT2D eigenvalue weighted by Gasteiger charge is 2.18. The van der Waals surface area contributed by atoms with E-state index in [0.717, 1.165) is 31.8 Å². The fourth-order valence-corrected chi connectivity index (χ4v) is 1.91. The van der Waals surface area contributed by atoms with E-state index in [0.29, 0.717) is 13.2 Å². The zero-order valence-corrected chi connectivity index (χ0v) is 10.4. The number of ether oxygens (including phenoxy) is 2. The predicted octanol–water partition coefficient (Wildman–Crippen LogP) is 1.30. The Morgan fingerprint density at radius 1 is 1.31 bits per heavy atom. The molecule has 0 N–H and O–H groups in total. The average Bonchev–Trinajstić information content (AvgIpc) is 2.49. The molecule has 1 aliphatic rings. The molecule has 1 fully saturated rings. The summed E-state index contributed by atoms with van der Waals surface area (Å²) in [7, 11) is 1.63. The van der Waals surface area contributed by atoms with Crippen LogP contribution in [0, 0.1) is 5.92 Å². The lowest BCUT2D eigenvalue weighted by molar-refractivity contribution is -0.136. The Balaban J connectivity index is 2.19. The summed E-state index contributed by atoms with van der Waals surface area (Å²) < 4.78 is 10.1. The second-order valence-electron chi connectivity index (χ2n) is 4.46. The van der Waals surface area contributed by atoms with Gasteiger partial charge in [-0.15, -0.1) is 0 Å². The Morgan fingerprint density at radius 3 is 2.88 bits per heavy atom. The molecule has 1 rings (SSSR count). The summed E-state index contributed by atoms with van der Waals surface area (Å²) in [6.07, 6.45) is 3.46. The molecule has 1 unspecified atom stereocenters. The summed E-state index contributed by atoms with van der Waals surface area (Å²) in [5.41, 5.74) is 0. The van der Waals surface area contributed by atoms with E-state index in [2.05, 4.69) is 6.92 Å². The molecule has 16 heavy (non-hydrogen) atoms. The predicted molar refractivity (Wildman–Crippen MR) is 62.3 cm³/mol. The number of hydrogen-bond donors (Lipinski definition) is 0.